The zero-order valence-corrected chi connectivity index (χ0v) is 5.57. The van der Waals surface area contributed by atoms with Gasteiger partial charge in [0.25, 0.3) is 5.70 Å². The number of nitrogens with one attached hydrogen (secondary N) is 1. The summed E-state index contributed by atoms with van der Waals surface area (Å²) in [6.07, 6.45) is 4.66. The number of hydrogen-bond donors (Lipinski definition) is 1. The zero-order valence-electron chi connectivity index (χ0n) is 5.57. The molecule has 0 spiro atoms. The fourth-order valence-electron chi connectivity index (χ4n) is 0.677. The van der Waals surface area contributed by atoms with Crippen LogP contribution in [-0.2, 0) is 0 Å². The predicted octanol–water partition coefficient (Wildman–Crippen LogP) is 0.652. The normalized spacial score (nSPS) is 23.3. The molecule has 0 saturated carbocycles. The molecule has 54 valence electrons. The largest absolute Gasteiger partial charge is 0.379 e. The topological polar surface area (TPSA) is 55.2 Å². The lowest BCUT2D eigenvalue weighted by atomic mass is 10.2. The summed E-state index contributed by atoms with van der Waals surface area (Å²) in [6, 6.07) is 0.198. The summed E-state index contributed by atoms with van der Waals surface area (Å²) < 4.78 is 0. The third-order valence-electron chi connectivity index (χ3n) is 1.26. The molecule has 1 N–H and O–H groups in total. The van der Waals surface area contributed by atoms with Gasteiger partial charge in [-0.05, 0) is 6.92 Å². The van der Waals surface area contributed by atoms with E-state index in [1.165, 1.54) is 12.3 Å². The third-order valence-corrected chi connectivity index (χ3v) is 1.26. The van der Waals surface area contributed by atoms with E-state index in [-0.39, 0.29) is 11.7 Å². The third kappa shape index (κ3) is 1.34. The van der Waals surface area contributed by atoms with Crippen molar-refractivity contribution in [2.24, 2.45) is 0 Å². The van der Waals surface area contributed by atoms with Gasteiger partial charge in [0.15, 0.2) is 0 Å². The monoisotopic (exact) mass is 140 g/mol. The van der Waals surface area contributed by atoms with Crippen LogP contribution in [0.25, 0.3) is 0 Å². The number of nitro groups is 1. The lowest BCUT2D eigenvalue weighted by Crippen LogP contribution is -2.22. The summed E-state index contributed by atoms with van der Waals surface area (Å²) in [6.45, 7) is 1.92. The smallest absolute Gasteiger partial charge is 0.284 e. The van der Waals surface area contributed by atoms with Crippen LogP contribution >= 0.6 is 0 Å². The van der Waals surface area contributed by atoms with E-state index in [9.17, 15) is 10.1 Å². The molecule has 0 aromatic rings. The Morgan fingerprint density at radius 1 is 1.80 bits per heavy atom. The van der Waals surface area contributed by atoms with Crippen molar-refractivity contribution in [1.29, 1.82) is 0 Å². The van der Waals surface area contributed by atoms with Crippen LogP contribution in [0.5, 0.6) is 0 Å². The van der Waals surface area contributed by atoms with Crippen LogP contribution < -0.4 is 5.32 Å². The maximum absolute atomic E-state index is 10.1. The molecule has 4 nitrogen and oxygen atoms in total. The molecule has 1 aliphatic rings. The second-order valence-electron chi connectivity index (χ2n) is 2.14. The molecule has 0 aromatic heterocycles. The molecule has 0 bridgehead atoms. The highest BCUT2D eigenvalue weighted by molar-refractivity contribution is 5.17. The number of allylic oxidation sites excluding steroid dienone is 1. The summed E-state index contributed by atoms with van der Waals surface area (Å²) in [5.74, 6) is 0. The highest BCUT2D eigenvalue weighted by Gasteiger charge is 2.10. The highest BCUT2D eigenvalue weighted by atomic mass is 16.6. The van der Waals surface area contributed by atoms with Crippen molar-refractivity contribution in [3.05, 3.63) is 34.2 Å². The quantitative estimate of drug-likeness (QED) is 0.429. The van der Waals surface area contributed by atoms with E-state index < -0.39 is 4.92 Å². The lowest BCUT2D eigenvalue weighted by molar-refractivity contribution is -0.419. The first kappa shape index (κ1) is 6.80. The van der Waals surface area contributed by atoms with Crippen molar-refractivity contribution in [3.63, 3.8) is 0 Å². The highest BCUT2D eigenvalue weighted by Crippen LogP contribution is 2.02. The van der Waals surface area contributed by atoms with E-state index in [1.807, 2.05) is 6.92 Å². The van der Waals surface area contributed by atoms with Crippen molar-refractivity contribution in [1.82, 2.24) is 5.32 Å². The van der Waals surface area contributed by atoms with Gasteiger partial charge in [-0.3, -0.25) is 10.1 Å². The number of rotatable bonds is 1. The first-order chi connectivity index (χ1) is 4.70. The van der Waals surface area contributed by atoms with Crippen molar-refractivity contribution in [2.75, 3.05) is 0 Å². The van der Waals surface area contributed by atoms with E-state index in [4.69, 9.17) is 0 Å². The molecule has 1 atom stereocenters. The number of nitrogens with zero attached hydrogens (tertiary/aromatic N) is 1. The number of dihydropyridines is 1. The minimum atomic E-state index is -0.421. The van der Waals surface area contributed by atoms with Crippen LogP contribution in [-0.4, -0.2) is 11.0 Å². The average Bonchev–Trinajstić information content (AvgIpc) is 1.88. The maximum Gasteiger partial charge on any atom is 0.284 e. The molecular weight excluding hydrogens is 132 g/mol. The van der Waals surface area contributed by atoms with Gasteiger partial charge >= 0.3 is 0 Å². The second kappa shape index (κ2) is 2.51. The molecule has 0 radical (unpaired) electrons. The first-order valence-electron chi connectivity index (χ1n) is 2.99. The van der Waals surface area contributed by atoms with Crippen molar-refractivity contribution in [2.45, 2.75) is 13.0 Å². The second-order valence-corrected chi connectivity index (χ2v) is 2.14. The van der Waals surface area contributed by atoms with Crippen LogP contribution in [0.1, 0.15) is 6.92 Å². The molecule has 0 fully saturated rings. The predicted molar refractivity (Wildman–Crippen MR) is 36.8 cm³/mol. The van der Waals surface area contributed by atoms with E-state index in [0.29, 0.717) is 0 Å². The Balaban J connectivity index is 2.67. The Kier molecular flexibility index (Phi) is 1.71. The molecule has 0 aliphatic carbocycles. The van der Waals surface area contributed by atoms with Gasteiger partial charge in [0.05, 0.1) is 11.1 Å². The Hall–Kier alpha value is -1.32. The van der Waals surface area contributed by atoms with Crippen LogP contribution in [0, 0.1) is 10.1 Å². The molecule has 1 heterocycles. The van der Waals surface area contributed by atoms with Crippen LogP contribution in [0.4, 0.5) is 0 Å². The Labute approximate surface area is 58.4 Å². The Morgan fingerprint density at radius 3 is 2.90 bits per heavy atom. The van der Waals surface area contributed by atoms with E-state index in [2.05, 4.69) is 5.32 Å². The van der Waals surface area contributed by atoms with Gasteiger partial charge < -0.3 is 5.32 Å². The molecule has 4 heteroatoms. The van der Waals surface area contributed by atoms with Crippen LogP contribution in [0.3, 0.4) is 0 Å². The molecule has 1 unspecified atom stereocenters. The van der Waals surface area contributed by atoms with E-state index in [1.54, 1.807) is 6.08 Å². The van der Waals surface area contributed by atoms with Gasteiger partial charge in [0.1, 0.15) is 0 Å². The molecule has 0 amide bonds. The van der Waals surface area contributed by atoms with Gasteiger partial charge in [-0.25, -0.2) is 0 Å². The molecule has 0 saturated heterocycles. The van der Waals surface area contributed by atoms with Gasteiger partial charge in [0.2, 0.25) is 0 Å². The Bertz CT molecular complexity index is 208. The zero-order chi connectivity index (χ0) is 7.56. The molecule has 10 heavy (non-hydrogen) atoms. The van der Waals surface area contributed by atoms with Crippen LogP contribution in [0.2, 0.25) is 0 Å². The summed E-state index contributed by atoms with van der Waals surface area (Å²) in [4.78, 5) is 9.69. The summed E-state index contributed by atoms with van der Waals surface area (Å²) in [5, 5.41) is 12.9. The minimum Gasteiger partial charge on any atom is -0.379 e. The van der Waals surface area contributed by atoms with Gasteiger partial charge in [-0.2, -0.15) is 0 Å². The Morgan fingerprint density at radius 2 is 2.50 bits per heavy atom. The van der Waals surface area contributed by atoms with Gasteiger partial charge in [-0.15, -0.1) is 0 Å². The minimum absolute atomic E-state index is 0.109. The lowest BCUT2D eigenvalue weighted by Gasteiger charge is -2.08. The van der Waals surface area contributed by atoms with Crippen LogP contribution in [0.15, 0.2) is 24.0 Å². The van der Waals surface area contributed by atoms with Gasteiger partial charge in [-0.1, -0.05) is 6.08 Å². The van der Waals surface area contributed by atoms with Gasteiger partial charge in [0, 0.05) is 12.1 Å². The first-order valence-corrected chi connectivity index (χ1v) is 2.99. The SMILES string of the molecule is CC1C=CC([N+](=O)[O-])=CN1. The van der Waals surface area contributed by atoms with Crippen molar-refractivity contribution < 1.29 is 4.92 Å². The standard InChI is InChI=1S/C6H8N2O2/c1-5-2-3-6(4-7-5)8(9)10/h2-5,7H,1H3. The maximum atomic E-state index is 10.1. The molecule has 1 rings (SSSR count). The van der Waals surface area contributed by atoms with E-state index in [0.717, 1.165) is 0 Å². The summed E-state index contributed by atoms with van der Waals surface area (Å²) in [7, 11) is 0. The fraction of sp³-hybridized carbons (Fsp3) is 0.333. The van der Waals surface area contributed by atoms with Crippen molar-refractivity contribution in [3.8, 4) is 0 Å². The molecule has 0 aromatic carbocycles. The fourth-order valence-corrected chi connectivity index (χ4v) is 0.677. The molecular formula is C6H8N2O2. The summed E-state index contributed by atoms with van der Waals surface area (Å²) in [5.41, 5.74) is 0.109. The number of hydrogen-bond acceptors (Lipinski definition) is 3. The van der Waals surface area contributed by atoms with E-state index >= 15 is 0 Å². The molecule has 1 aliphatic heterocycles. The average molecular weight is 140 g/mol. The van der Waals surface area contributed by atoms with Crippen molar-refractivity contribution >= 4 is 0 Å². The summed E-state index contributed by atoms with van der Waals surface area (Å²) >= 11 is 0.